The summed E-state index contributed by atoms with van der Waals surface area (Å²) in [6, 6.07) is 22.7. The Bertz CT molecular complexity index is 1280. The van der Waals surface area contributed by atoms with Gasteiger partial charge in [0.05, 0.1) is 5.52 Å². The lowest BCUT2D eigenvalue weighted by Crippen LogP contribution is -2.12. The molecule has 0 aliphatic carbocycles. The molecule has 0 saturated carbocycles. The van der Waals surface area contributed by atoms with E-state index >= 15 is 0 Å². The van der Waals surface area contributed by atoms with Crippen molar-refractivity contribution < 1.29 is 4.39 Å². The first kappa shape index (κ1) is 16.4. The number of fused-ring (bicyclic) bond motifs is 3. The van der Waals surface area contributed by atoms with Crippen molar-refractivity contribution in [3.8, 4) is 11.1 Å². The number of hydrogen-bond donors (Lipinski definition) is 0. The smallest absolute Gasteiger partial charge is 0.257 e. The van der Waals surface area contributed by atoms with Crippen LogP contribution in [0.1, 0.15) is 0 Å². The van der Waals surface area contributed by atoms with Gasteiger partial charge in [-0.15, -0.1) is 10.2 Å². The predicted octanol–water partition coefficient (Wildman–Crippen LogP) is 4.85. The van der Waals surface area contributed by atoms with Crippen LogP contribution in [0.4, 0.5) is 15.9 Å². The summed E-state index contributed by atoms with van der Waals surface area (Å²) in [6.45, 7) is 0. The molecule has 136 valence electrons. The quantitative estimate of drug-likeness (QED) is 0.456. The summed E-state index contributed by atoms with van der Waals surface area (Å²) >= 11 is 0. The van der Waals surface area contributed by atoms with E-state index in [1.165, 1.54) is 12.1 Å². The molecule has 28 heavy (non-hydrogen) atoms. The summed E-state index contributed by atoms with van der Waals surface area (Å²) in [7, 11) is 1.98. The van der Waals surface area contributed by atoms with Gasteiger partial charge in [-0.05, 0) is 47.5 Å². The van der Waals surface area contributed by atoms with Crippen LogP contribution in [-0.2, 0) is 0 Å². The summed E-state index contributed by atoms with van der Waals surface area (Å²) in [5.41, 5.74) is 3.90. The first-order valence-electron chi connectivity index (χ1n) is 8.89. The molecule has 2 heterocycles. The van der Waals surface area contributed by atoms with Crippen molar-refractivity contribution in [3.05, 3.63) is 84.9 Å². The maximum absolute atomic E-state index is 13.3. The monoisotopic (exact) mass is 369 g/mol. The fourth-order valence-electron chi connectivity index (χ4n) is 3.40. The minimum Gasteiger partial charge on any atom is -0.329 e. The average Bonchev–Trinajstić information content (AvgIpc) is 3.22. The van der Waals surface area contributed by atoms with E-state index in [0.29, 0.717) is 5.78 Å². The highest BCUT2D eigenvalue weighted by atomic mass is 19.1. The van der Waals surface area contributed by atoms with Crippen molar-refractivity contribution in [2.24, 2.45) is 0 Å². The third kappa shape index (κ3) is 2.66. The highest BCUT2D eigenvalue weighted by Gasteiger charge is 2.15. The fraction of sp³-hybridized carbons (Fsp3) is 0.0455. The molecule has 2 aromatic heterocycles. The molecule has 0 bridgehead atoms. The molecule has 5 aromatic rings. The van der Waals surface area contributed by atoms with Crippen molar-refractivity contribution in [1.82, 2.24) is 19.6 Å². The summed E-state index contributed by atoms with van der Waals surface area (Å²) in [5, 5.41) is 9.14. The Labute approximate surface area is 160 Å². The van der Waals surface area contributed by atoms with E-state index in [1.807, 2.05) is 58.8 Å². The molecular weight excluding hydrogens is 353 g/mol. The molecule has 0 radical (unpaired) electrons. The van der Waals surface area contributed by atoms with Gasteiger partial charge in [0.15, 0.2) is 0 Å². The molecule has 0 amide bonds. The third-order valence-corrected chi connectivity index (χ3v) is 4.87. The normalized spacial score (nSPS) is 11.2. The lowest BCUT2D eigenvalue weighted by molar-refractivity contribution is 0.628. The molecule has 0 spiro atoms. The van der Waals surface area contributed by atoms with Gasteiger partial charge in [0.25, 0.3) is 5.78 Å². The van der Waals surface area contributed by atoms with Gasteiger partial charge in [-0.2, -0.15) is 4.98 Å². The van der Waals surface area contributed by atoms with Gasteiger partial charge in [0.1, 0.15) is 18.0 Å². The Balaban J connectivity index is 1.74. The number of rotatable bonds is 3. The van der Waals surface area contributed by atoms with Crippen molar-refractivity contribution in [2.75, 3.05) is 11.9 Å². The van der Waals surface area contributed by atoms with Gasteiger partial charge in [-0.1, -0.05) is 36.4 Å². The minimum absolute atomic E-state index is 0.248. The van der Waals surface area contributed by atoms with E-state index in [9.17, 15) is 4.39 Å². The molecule has 0 fully saturated rings. The maximum Gasteiger partial charge on any atom is 0.257 e. The summed E-state index contributed by atoms with van der Waals surface area (Å²) in [4.78, 5) is 6.76. The molecule has 5 rings (SSSR count). The number of nitrogens with zero attached hydrogens (tertiary/aromatic N) is 5. The Morgan fingerprint density at radius 2 is 1.64 bits per heavy atom. The molecule has 0 aliphatic rings. The largest absolute Gasteiger partial charge is 0.329 e. The molecule has 5 nitrogen and oxygen atoms in total. The molecule has 0 N–H and O–H groups in total. The van der Waals surface area contributed by atoms with Crippen LogP contribution in [-0.4, -0.2) is 26.6 Å². The highest BCUT2D eigenvalue weighted by Crippen LogP contribution is 2.32. The molecular formula is C22H16FN5. The first-order chi connectivity index (χ1) is 13.7. The van der Waals surface area contributed by atoms with Gasteiger partial charge in [0.2, 0.25) is 0 Å². The summed E-state index contributed by atoms with van der Waals surface area (Å²) < 4.78 is 15.2. The zero-order valence-electron chi connectivity index (χ0n) is 15.1. The highest BCUT2D eigenvalue weighted by molar-refractivity contribution is 5.95. The maximum atomic E-state index is 13.3. The van der Waals surface area contributed by atoms with Crippen LogP contribution in [0.2, 0.25) is 0 Å². The van der Waals surface area contributed by atoms with Gasteiger partial charge < -0.3 is 4.90 Å². The number of benzene rings is 3. The van der Waals surface area contributed by atoms with Gasteiger partial charge >= 0.3 is 0 Å². The molecule has 0 aliphatic heterocycles. The van der Waals surface area contributed by atoms with Crippen molar-refractivity contribution in [2.45, 2.75) is 0 Å². The van der Waals surface area contributed by atoms with Crippen LogP contribution < -0.4 is 4.90 Å². The standard InChI is InChI=1S/C22H16FN5/c1-27(18-5-3-2-4-6-18)21-19-12-9-16(15-7-10-17(23)11-8-15)13-20(19)28-14-24-26-22(28)25-21/h2-14H,1H3. The number of hydrogen-bond acceptors (Lipinski definition) is 4. The third-order valence-electron chi connectivity index (χ3n) is 4.87. The van der Waals surface area contributed by atoms with Crippen LogP contribution in [0.25, 0.3) is 27.8 Å². The van der Waals surface area contributed by atoms with Crippen LogP contribution in [0.15, 0.2) is 79.1 Å². The zero-order chi connectivity index (χ0) is 19.1. The number of aromatic nitrogens is 4. The second kappa shape index (κ2) is 6.42. The molecule has 0 saturated heterocycles. The van der Waals surface area contributed by atoms with Crippen molar-refractivity contribution in [1.29, 1.82) is 0 Å². The van der Waals surface area contributed by atoms with E-state index in [-0.39, 0.29) is 5.82 Å². The minimum atomic E-state index is -0.248. The molecule has 6 heteroatoms. The van der Waals surface area contributed by atoms with E-state index in [1.54, 1.807) is 18.5 Å². The van der Waals surface area contributed by atoms with Gasteiger partial charge in [0, 0.05) is 18.1 Å². The zero-order valence-corrected chi connectivity index (χ0v) is 15.1. The van der Waals surface area contributed by atoms with E-state index in [4.69, 9.17) is 4.98 Å². The van der Waals surface area contributed by atoms with Crippen LogP contribution >= 0.6 is 0 Å². The number of para-hydroxylation sites is 1. The summed E-state index contributed by atoms with van der Waals surface area (Å²) in [5.74, 6) is 1.08. The first-order valence-corrected chi connectivity index (χ1v) is 8.89. The van der Waals surface area contributed by atoms with Crippen LogP contribution in [0, 0.1) is 5.82 Å². The topological polar surface area (TPSA) is 46.3 Å². The van der Waals surface area contributed by atoms with E-state index < -0.39 is 0 Å². The molecule has 0 atom stereocenters. The number of halogens is 1. The Kier molecular flexibility index (Phi) is 3.76. The van der Waals surface area contributed by atoms with Gasteiger partial charge in [-0.25, -0.2) is 4.39 Å². The lowest BCUT2D eigenvalue weighted by atomic mass is 10.0. The lowest BCUT2D eigenvalue weighted by Gasteiger charge is -2.20. The Morgan fingerprint density at radius 1 is 0.893 bits per heavy atom. The average molecular weight is 369 g/mol. The number of anilines is 2. The Hall–Kier alpha value is -3.80. The van der Waals surface area contributed by atoms with E-state index in [0.717, 1.165) is 33.5 Å². The summed E-state index contributed by atoms with van der Waals surface area (Å²) in [6.07, 6.45) is 1.66. The predicted molar refractivity (Wildman–Crippen MR) is 108 cm³/mol. The van der Waals surface area contributed by atoms with Gasteiger partial charge in [-0.3, -0.25) is 4.40 Å². The van der Waals surface area contributed by atoms with E-state index in [2.05, 4.69) is 16.3 Å². The second-order valence-corrected chi connectivity index (χ2v) is 6.57. The van der Waals surface area contributed by atoms with Crippen molar-refractivity contribution in [3.63, 3.8) is 0 Å². The SMILES string of the molecule is CN(c1ccccc1)c1nc2nncn2c2cc(-c3ccc(F)cc3)ccc12. The Morgan fingerprint density at radius 3 is 2.43 bits per heavy atom. The molecule has 0 unspecified atom stereocenters. The molecule has 3 aromatic carbocycles. The van der Waals surface area contributed by atoms with Crippen LogP contribution in [0.3, 0.4) is 0 Å². The van der Waals surface area contributed by atoms with Crippen molar-refractivity contribution >= 4 is 28.2 Å². The second-order valence-electron chi connectivity index (χ2n) is 6.57. The fourth-order valence-corrected chi connectivity index (χ4v) is 3.40. The van der Waals surface area contributed by atoms with Crippen LogP contribution in [0.5, 0.6) is 0 Å².